The first-order valence-corrected chi connectivity index (χ1v) is 9.28. The maximum Gasteiger partial charge on any atom is 0.254 e. The van der Waals surface area contributed by atoms with Gasteiger partial charge in [-0.2, -0.15) is 0 Å². The Morgan fingerprint density at radius 2 is 1.96 bits per heavy atom. The molecule has 2 aliphatic heterocycles. The zero-order chi connectivity index (χ0) is 17.6. The Morgan fingerprint density at radius 3 is 2.72 bits per heavy atom. The second-order valence-corrected chi connectivity index (χ2v) is 8.07. The fraction of sp³-hybridized carbons (Fsp3) is 0.600. The van der Waals surface area contributed by atoms with Crippen molar-refractivity contribution in [3.05, 3.63) is 35.9 Å². The highest BCUT2D eigenvalue weighted by atomic mass is 16.5. The third kappa shape index (κ3) is 2.65. The minimum absolute atomic E-state index is 0.00907. The molecule has 1 saturated carbocycles. The summed E-state index contributed by atoms with van der Waals surface area (Å²) in [5, 5.41) is 3.24. The quantitative estimate of drug-likeness (QED) is 0.916. The van der Waals surface area contributed by atoms with Gasteiger partial charge in [0.25, 0.3) is 5.91 Å². The van der Waals surface area contributed by atoms with Crippen LogP contribution in [0.3, 0.4) is 0 Å². The summed E-state index contributed by atoms with van der Waals surface area (Å²) in [6, 6.07) is 9.01. The minimum atomic E-state index is -0.357. The molecule has 0 aromatic heterocycles. The smallest absolute Gasteiger partial charge is 0.254 e. The van der Waals surface area contributed by atoms with Crippen LogP contribution in [0.1, 0.15) is 43.5 Å². The number of rotatable bonds is 3. The van der Waals surface area contributed by atoms with Gasteiger partial charge in [0.15, 0.2) is 0 Å². The molecular weight excluding hydrogens is 316 g/mol. The molecule has 3 fully saturated rings. The third-order valence-corrected chi connectivity index (χ3v) is 6.24. The Kier molecular flexibility index (Phi) is 4.07. The lowest BCUT2D eigenvalue weighted by molar-refractivity contribution is -0.140. The average molecular weight is 342 g/mol. The lowest BCUT2D eigenvalue weighted by Crippen LogP contribution is -2.68. The standard InChI is InChI=1S/C20H26N2O3/c1-20(2)16(14-10-12-25-17(14)20)21-18(23)15-9-6-11-22(15)19(24)13-7-4-3-5-8-13/h3-5,7-8,14-17H,6,9-12H2,1-2H3,(H,21,23). The van der Waals surface area contributed by atoms with Gasteiger partial charge < -0.3 is 15.0 Å². The first-order valence-electron chi connectivity index (χ1n) is 9.28. The summed E-state index contributed by atoms with van der Waals surface area (Å²) in [4.78, 5) is 27.4. The largest absolute Gasteiger partial charge is 0.377 e. The van der Waals surface area contributed by atoms with Gasteiger partial charge in [0.1, 0.15) is 6.04 Å². The zero-order valence-corrected chi connectivity index (χ0v) is 14.9. The van der Waals surface area contributed by atoms with Crippen molar-refractivity contribution in [1.82, 2.24) is 10.2 Å². The van der Waals surface area contributed by atoms with E-state index in [-0.39, 0.29) is 35.4 Å². The molecule has 0 radical (unpaired) electrons. The molecule has 4 rings (SSSR count). The molecule has 1 aromatic rings. The molecule has 0 spiro atoms. The Bertz CT molecular complexity index is 673. The maximum absolute atomic E-state index is 12.9. The highest BCUT2D eigenvalue weighted by molar-refractivity contribution is 5.98. The van der Waals surface area contributed by atoms with Gasteiger partial charge in [0, 0.05) is 36.1 Å². The molecule has 1 aromatic carbocycles. The summed E-state index contributed by atoms with van der Waals surface area (Å²) in [5.74, 6) is 0.358. The van der Waals surface area contributed by atoms with Crippen LogP contribution in [0.25, 0.3) is 0 Å². The van der Waals surface area contributed by atoms with Crippen LogP contribution in [0.15, 0.2) is 30.3 Å². The van der Waals surface area contributed by atoms with E-state index in [2.05, 4.69) is 19.2 Å². The molecule has 2 heterocycles. The number of fused-ring (bicyclic) bond motifs is 1. The van der Waals surface area contributed by atoms with Crippen molar-refractivity contribution in [3.63, 3.8) is 0 Å². The number of likely N-dealkylation sites (tertiary alicyclic amines) is 1. The molecule has 1 aliphatic carbocycles. The SMILES string of the molecule is CC1(C)C(NC(=O)C2CCCN2C(=O)c2ccccc2)C2CCOC21. The van der Waals surface area contributed by atoms with Crippen LogP contribution in [0.2, 0.25) is 0 Å². The van der Waals surface area contributed by atoms with Crippen molar-refractivity contribution in [2.24, 2.45) is 11.3 Å². The second kappa shape index (κ2) is 6.13. The molecule has 4 unspecified atom stereocenters. The monoisotopic (exact) mass is 342 g/mol. The van der Waals surface area contributed by atoms with Gasteiger partial charge in [0.2, 0.25) is 5.91 Å². The van der Waals surface area contributed by atoms with Gasteiger partial charge in [-0.1, -0.05) is 32.0 Å². The van der Waals surface area contributed by atoms with E-state index < -0.39 is 0 Å². The molecule has 25 heavy (non-hydrogen) atoms. The summed E-state index contributed by atoms with van der Waals surface area (Å²) in [6.07, 6.45) is 2.88. The van der Waals surface area contributed by atoms with E-state index in [1.165, 1.54) is 0 Å². The molecule has 3 aliphatic rings. The van der Waals surface area contributed by atoms with E-state index in [1.54, 1.807) is 4.90 Å². The molecule has 2 saturated heterocycles. The van der Waals surface area contributed by atoms with Crippen molar-refractivity contribution in [1.29, 1.82) is 0 Å². The second-order valence-electron chi connectivity index (χ2n) is 8.07. The highest BCUT2D eigenvalue weighted by Crippen LogP contribution is 2.52. The van der Waals surface area contributed by atoms with Crippen LogP contribution in [0.4, 0.5) is 0 Å². The number of benzene rings is 1. The van der Waals surface area contributed by atoms with E-state index in [0.717, 1.165) is 25.9 Å². The first-order chi connectivity index (χ1) is 12.0. The molecule has 2 amide bonds. The first kappa shape index (κ1) is 16.6. The van der Waals surface area contributed by atoms with Gasteiger partial charge >= 0.3 is 0 Å². The summed E-state index contributed by atoms with van der Waals surface area (Å²) in [6.45, 7) is 5.75. The van der Waals surface area contributed by atoms with E-state index >= 15 is 0 Å². The Morgan fingerprint density at radius 1 is 1.20 bits per heavy atom. The number of hydrogen-bond donors (Lipinski definition) is 1. The Hall–Kier alpha value is -1.88. The van der Waals surface area contributed by atoms with Crippen LogP contribution < -0.4 is 5.32 Å². The van der Waals surface area contributed by atoms with Crippen LogP contribution in [-0.2, 0) is 9.53 Å². The number of nitrogens with one attached hydrogen (secondary N) is 1. The van der Waals surface area contributed by atoms with Crippen molar-refractivity contribution in [2.75, 3.05) is 13.2 Å². The average Bonchev–Trinajstić information content (AvgIpc) is 3.28. The molecule has 5 heteroatoms. The van der Waals surface area contributed by atoms with Gasteiger partial charge in [-0.05, 0) is 31.4 Å². The molecular formula is C20H26N2O3. The summed E-state index contributed by atoms with van der Waals surface area (Å²) in [7, 11) is 0. The van der Waals surface area contributed by atoms with Gasteiger partial charge in [0.05, 0.1) is 6.10 Å². The van der Waals surface area contributed by atoms with E-state index in [4.69, 9.17) is 4.74 Å². The van der Waals surface area contributed by atoms with Crippen LogP contribution >= 0.6 is 0 Å². The molecule has 134 valence electrons. The highest BCUT2D eigenvalue weighted by Gasteiger charge is 2.60. The van der Waals surface area contributed by atoms with Crippen LogP contribution in [0.5, 0.6) is 0 Å². The molecule has 5 nitrogen and oxygen atoms in total. The fourth-order valence-electron chi connectivity index (χ4n) is 4.90. The van der Waals surface area contributed by atoms with E-state index in [1.807, 2.05) is 30.3 Å². The third-order valence-electron chi connectivity index (χ3n) is 6.24. The number of ether oxygens (including phenoxy) is 1. The number of hydrogen-bond acceptors (Lipinski definition) is 3. The topological polar surface area (TPSA) is 58.6 Å². The Balaban J connectivity index is 1.45. The zero-order valence-electron chi connectivity index (χ0n) is 14.9. The number of nitrogens with zero attached hydrogens (tertiary/aromatic N) is 1. The molecule has 4 atom stereocenters. The number of carbonyl (C=O) groups is 2. The van der Waals surface area contributed by atoms with Gasteiger partial charge in [-0.15, -0.1) is 0 Å². The van der Waals surface area contributed by atoms with Crippen LogP contribution in [-0.4, -0.2) is 48.1 Å². The maximum atomic E-state index is 12.9. The normalized spacial score (nSPS) is 32.8. The predicted molar refractivity (Wildman–Crippen MR) is 94.1 cm³/mol. The van der Waals surface area contributed by atoms with Gasteiger partial charge in [-0.25, -0.2) is 0 Å². The lowest BCUT2D eigenvalue weighted by Gasteiger charge is -2.54. The van der Waals surface area contributed by atoms with Crippen molar-refractivity contribution >= 4 is 11.8 Å². The van der Waals surface area contributed by atoms with Crippen molar-refractivity contribution in [2.45, 2.75) is 51.3 Å². The van der Waals surface area contributed by atoms with E-state index in [9.17, 15) is 9.59 Å². The van der Waals surface area contributed by atoms with Crippen LogP contribution in [0, 0.1) is 11.3 Å². The summed E-state index contributed by atoms with van der Waals surface area (Å²) >= 11 is 0. The Labute approximate surface area is 148 Å². The number of carbonyl (C=O) groups excluding carboxylic acids is 2. The van der Waals surface area contributed by atoms with E-state index in [0.29, 0.717) is 18.0 Å². The number of amides is 2. The predicted octanol–water partition coefficient (Wildman–Crippen LogP) is 2.22. The minimum Gasteiger partial charge on any atom is -0.377 e. The summed E-state index contributed by atoms with van der Waals surface area (Å²) in [5.41, 5.74) is 0.611. The molecule has 0 bridgehead atoms. The fourth-order valence-corrected chi connectivity index (χ4v) is 4.90. The summed E-state index contributed by atoms with van der Waals surface area (Å²) < 4.78 is 5.81. The lowest BCUT2D eigenvalue weighted by atomic mass is 9.57. The van der Waals surface area contributed by atoms with Crippen molar-refractivity contribution in [3.8, 4) is 0 Å². The molecule has 1 N–H and O–H groups in total. The van der Waals surface area contributed by atoms with Gasteiger partial charge in [-0.3, -0.25) is 9.59 Å². The van der Waals surface area contributed by atoms with Crippen molar-refractivity contribution < 1.29 is 14.3 Å².